The number of carbonyl (C=O) groups excluding carboxylic acids is 1. The number of rotatable bonds is 6. The maximum Gasteiger partial charge on any atom is 0.406 e. The van der Waals surface area contributed by atoms with Crippen LogP contribution in [-0.2, 0) is 11.3 Å². The molecule has 5 nitrogen and oxygen atoms in total. The van der Waals surface area contributed by atoms with Crippen LogP contribution < -0.4 is 5.56 Å². The Morgan fingerprint density at radius 3 is 2.60 bits per heavy atom. The quantitative estimate of drug-likeness (QED) is 0.836. The lowest BCUT2D eigenvalue weighted by molar-refractivity contribution is -0.162. The van der Waals surface area contributed by atoms with Crippen LogP contribution in [0, 0.1) is 0 Å². The summed E-state index contributed by atoms with van der Waals surface area (Å²) in [6.45, 7) is -2.34. The summed E-state index contributed by atoms with van der Waals surface area (Å²) in [6.07, 6.45) is -3.30. The zero-order valence-corrected chi connectivity index (χ0v) is 10.6. The van der Waals surface area contributed by atoms with Crippen LogP contribution in [0.2, 0.25) is 0 Å². The van der Waals surface area contributed by atoms with Crippen molar-refractivity contribution in [2.24, 2.45) is 0 Å². The van der Waals surface area contributed by atoms with Crippen molar-refractivity contribution >= 4 is 5.91 Å². The fourth-order valence-electron chi connectivity index (χ4n) is 1.65. The molecule has 0 bridgehead atoms. The van der Waals surface area contributed by atoms with Crippen molar-refractivity contribution in [1.82, 2.24) is 9.47 Å². The topological polar surface area (TPSA) is 62.5 Å². The van der Waals surface area contributed by atoms with Crippen LogP contribution >= 0.6 is 0 Å². The first-order valence-corrected chi connectivity index (χ1v) is 5.94. The van der Waals surface area contributed by atoms with Crippen molar-refractivity contribution in [1.29, 1.82) is 0 Å². The first-order valence-electron chi connectivity index (χ1n) is 5.94. The Labute approximate surface area is 113 Å². The van der Waals surface area contributed by atoms with Gasteiger partial charge in [-0.15, -0.1) is 0 Å². The fourth-order valence-corrected chi connectivity index (χ4v) is 1.65. The highest BCUT2D eigenvalue weighted by Gasteiger charge is 2.32. The number of aliphatic hydroxyl groups excluding tert-OH is 1. The largest absolute Gasteiger partial charge is 0.406 e. The predicted molar refractivity (Wildman–Crippen MR) is 65.0 cm³/mol. The summed E-state index contributed by atoms with van der Waals surface area (Å²) in [4.78, 5) is 23.6. The molecule has 1 rings (SSSR count). The minimum atomic E-state index is -4.52. The van der Waals surface area contributed by atoms with Crippen LogP contribution in [0.1, 0.15) is 6.42 Å². The van der Waals surface area contributed by atoms with Gasteiger partial charge in [0.1, 0.15) is 6.54 Å². The van der Waals surface area contributed by atoms with Gasteiger partial charge in [-0.05, 0) is 6.07 Å². The van der Waals surface area contributed by atoms with Crippen LogP contribution in [0.15, 0.2) is 29.2 Å². The summed E-state index contributed by atoms with van der Waals surface area (Å²) in [5, 5.41) is 8.70. The van der Waals surface area contributed by atoms with E-state index in [1.807, 2.05) is 0 Å². The van der Waals surface area contributed by atoms with E-state index in [2.05, 4.69) is 0 Å². The van der Waals surface area contributed by atoms with Crippen molar-refractivity contribution in [3.63, 3.8) is 0 Å². The Kier molecular flexibility index (Phi) is 5.75. The van der Waals surface area contributed by atoms with E-state index in [0.29, 0.717) is 4.90 Å². The smallest absolute Gasteiger partial charge is 0.395 e. The normalized spacial score (nSPS) is 11.4. The number of amides is 1. The number of hydrogen-bond acceptors (Lipinski definition) is 3. The number of aromatic nitrogens is 1. The van der Waals surface area contributed by atoms with Gasteiger partial charge in [-0.3, -0.25) is 9.59 Å². The highest BCUT2D eigenvalue weighted by molar-refractivity contribution is 5.76. The molecule has 0 aliphatic rings. The van der Waals surface area contributed by atoms with Gasteiger partial charge in [0.05, 0.1) is 6.61 Å². The maximum atomic E-state index is 12.3. The van der Waals surface area contributed by atoms with Gasteiger partial charge in [0.25, 0.3) is 5.56 Å². The second-order valence-corrected chi connectivity index (χ2v) is 4.14. The van der Waals surface area contributed by atoms with E-state index in [-0.39, 0.29) is 25.1 Å². The van der Waals surface area contributed by atoms with Crippen molar-refractivity contribution in [3.05, 3.63) is 34.7 Å². The van der Waals surface area contributed by atoms with Gasteiger partial charge in [-0.2, -0.15) is 13.2 Å². The van der Waals surface area contributed by atoms with Gasteiger partial charge in [0.15, 0.2) is 0 Å². The lowest BCUT2D eigenvalue weighted by Crippen LogP contribution is -2.41. The molecule has 0 atom stereocenters. The number of pyridine rings is 1. The summed E-state index contributed by atoms with van der Waals surface area (Å²) in [7, 11) is 0. The van der Waals surface area contributed by atoms with E-state index < -0.39 is 25.2 Å². The van der Waals surface area contributed by atoms with Crippen LogP contribution in [0.4, 0.5) is 13.2 Å². The molecule has 20 heavy (non-hydrogen) atoms. The Hall–Kier alpha value is -1.83. The second kappa shape index (κ2) is 7.09. The van der Waals surface area contributed by atoms with Crippen LogP contribution in [0.3, 0.4) is 0 Å². The zero-order valence-electron chi connectivity index (χ0n) is 10.6. The molecule has 0 saturated heterocycles. The molecular weight excluding hydrogens is 277 g/mol. The van der Waals surface area contributed by atoms with Crippen LogP contribution in [-0.4, -0.2) is 46.4 Å². The molecule has 1 heterocycles. The number of nitrogens with zero attached hydrogens (tertiary/aromatic N) is 2. The average molecular weight is 292 g/mol. The summed E-state index contributed by atoms with van der Waals surface area (Å²) in [5.41, 5.74) is -0.329. The van der Waals surface area contributed by atoms with E-state index in [9.17, 15) is 22.8 Å². The standard InChI is InChI=1S/C12H15F3N2O3/c13-12(14,15)9-17(7-8-18)11(20)4-6-16-5-2-1-3-10(16)19/h1-3,5,18H,4,6-9H2. The Bertz CT molecular complexity index is 499. The molecule has 0 radical (unpaired) electrons. The fraction of sp³-hybridized carbons (Fsp3) is 0.500. The van der Waals surface area contributed by atoms with E-state index in [1.165, 1.54) is 22.9 Å². The molecular formula is C12H15F3N2O3. The SMILES string of the molecule is O=C(CCn1ccccc1=O)N(CCO)CC(F)(F)F. The summed E-state index contributed by atoms with van der Waals surface area (Å²) >= 11 is 0. The highest BCUT2D eigenvalue weighted by atomic mass is 19.4. The molecule has 0 aliphatic carbocycles. The number of halogens is 3. The molecule has 0 aromatic carbocycles. The molecule has 1 aromatic rings. The van der Waals surface area contributed by atoms with E-state index >= 15 is 0 Å². The molecule has 0 unspecified atom stereocenters. The average Bonchev–Trinajstić information content (AvgIpc) is 2.35. The first kappa shape index (κ1) is 16.2. The van der Waals surface area contributed by atoms with Crippen molar-refractivity contribution in [3.8, 4) is 0 Å². The van der Waals surface area contributed by atoms with E-state index in [0.717, 1.165) is 0 Å². The second-order valence-electron chi connectivity index (χ2n) is 4.14. The van der Waals surface area contributed by atoms with Crippen molar-refractivity contribution < 1.29 is 23.1 Å². The van der Waals surface area contributed by atoms with E-state index in [1.54, 1.807) is 6.07 Å². The van der Waals surface area contributed by atoms with E-state index in [4.69, 9.17) is 5.11 Å². The minimum Gasteiger partial charge on any atom is -0.395 e. The number of alkyl halides is 3. The van der Waals surface area contributed by atoms with Crippen molar-refractivity contribution in [2.45, 2.75) is 19.1 Å². The maximum absolute atomic E-state index is 12.3. The Morgan fingerprint density at radius 1 is 1.35 bits per heavy atom. The molecule has 0 aliphatic heterocycles. The Morgan fingerprint density at radius 2 is 2.05 bits per heavy atom. The van der Waals surface area contributed by atoms with Gasteiger partial charge in [0, 0.05) is 31.8 Å². The van der Waals surface area contributed by atoms with Gasteiger partial charge in [0.2, 0.25) is 5.91 Å². The minimum absolute atomic E-state index is 0.00169. The molecule has 0 spiro atoms. The lowest BCUT2D eigenvalue weighted by atomic mass is 10.3. The molecule has 1 aromatic heterocycles. The summed E-state index contributed by atoms with van der Waals surface area (Å²) in [5.74, 6) is -0.757. The molecule has 0 fully saturated rings. The summed E-state index contributed by atoms with van der Waals surface area (Å²) in [6, 6.07) is 4.42. The van der Waals surface area contributed by atoms with Gasteiger partial charge in [-0.25, -0.2) is 0 Å². The third-order valence-corrected chi connectivity index (χ3v) is 2.56. The van der Waals surface area contributed by atoms with Crippen LogP contribution in [0.5, 0.6) is 0 Å². The predicted octanol–water partition coefficient (Wildman–Crippen LogP) is 0.622. The molecule has 112 valence electrons. The van der Waals surface area contributed by atoms with Crippen molar-refractivity contribution in [2.75, 3.05) is 19.7 Å². The number of aryl methyl sites for hydroxylation is 1. The van der Waals surface area contributed by atoms with Gasteiger partial charge < -0.3 is 14.6 Å². The molecule has 8 heteroatoms. The third-order valence-electron chi connectivity index (χ3n) is 2.56. The summed E-state index contributed by atoms with van der Waals surface area (Å²) < 4.78 is 38.1. The monoisotopic (exact) mass is 292 g/mol. The number of aliphatic hydroxyl groups is 1. The van der Waals surface area contributed by atoms with Crippen LogP contribution in [0.25, 0.3) is 0 Å². The lowest BCUT2D eigenvalue weighted by Gasteiger charge is -2.23. The zero-order chi connectivity index (χ0) is 15.2. The highest BCUT2D eigenvalue weighted by Crippen LogP contribution is 2.16. The van der Waals surface area contributed by atoms with Gasteiger partial charge >= 0.3 is 6.18 Å². The molecule has 0 saturated carbocycles. The molecule has 1 amide bonds. The number of hydrogen-bond donors (Lipinski definition) is 1. The third kappa shape index (κ3) is 5.43. The molecule has 1 N–H and O–H groups in total. The first-order chi connectivity index (χ1) is 9.33. The van der Waals surface area contributed by atoms with Gasteiger partial charge in [-0.1, -0.05) is 6.07 Å². The number of carbonyl (C=O) groups is 1. The Balaban J connectivity index is 2.63.